The lowest BCUT2D eigenvalue weighted by Crippen LogP contribution is -2.32. The quantitative estimate of drug-likeness (QED) is 0.526. The summed E-state index contributed by atoms with van der Waals surface area (Å²) in [6.07, 6.45) is -0.0313. The van der Waals surface area contributed by atoms with Gasteiger partial charge in [-0.05, 0) is 34.6 Å². The first-order valence-electron chi connectivity index (χ1n) is 6.70. The largest absolute Gasteiger partial charge is 0.480 e. The number of ether oxygens (including phenoxy) is 1. The van der Waals surface area contributed by atoms with E-state index in [0.717, 1.165) is 13.8 Å². The zero-order valence-corrected chi connectivity index (χ0v) is 14.7. The Labute approximate surface area is 140 Å². The number of carboxylic acids is 2. The zero-order valence-electron chi connectivity index (χ0n) is 14.7. The van der Waals surface area contributed by atoms with E-state index in [1.54, 1.807) is 0 Å². The minimum absolute atomic E-state index is 0.0625. The molecule has 0 aliphatic heterocycles. The Bertz CT molecular complexity index is 461. The summed E-state index contributed by atoms with van der Waals surface area (Å²) in [5.74, 6) is -3.42. The van der Waals surface area contributed by atoms with Crippen molar-refractivity contribution in [3.8, 4) is 0 Å². The second-order valence-electron chi connectivity index (χ2n) is 5.27. The Kier molecular flexibility index (Phi) is 14.2. The molecule has 0 spiro atoms. The molecule has 0 bridgehead atoms. The van der Waals surface area contributed by atoms with Gasteiger partial charge in [-0.1, -0.05) is 0 Å². The van der Waals surface area contributed by atoms with Crippen LogP contribution < -0.4 is 0 Å². The van der Waals surface area contributed by atoms with Crippen molar-refractivity contribution in [3.63, 3.8) is 0 Å². The third-order valence-electron chi connectivity index (χ3n) is 2.19. The normalized spacial score (nSPS) is 9.25. The van der Waals surface area contributed by atoms with E-state index < -0.39 is 23.3 Å². The molecule has 0 aromatic carbocycles. The van der Waals surface area contributed by atoms with E-state index in [-0.39, 0.29) is 30.2 Å². The summed E-state index contributed by atoms with van der Waals surface area (Å²) in [5, 5.41) is 16.5. The molecule has 9 nitrogen and oxygen atoms in total. The van der Waals surface area contributed by atoms with Crippen molar-refractivity contribution in [1.29, 1.82) is 0 Å². The molecule has 0 unspecified atom stereocenters. The van der Waals surface area contributed by atoms with Crippen molar-refractivity contribution in [2.24, 2.45) is 5.41 Å². The second-order valence-corrected chi connectivity index (χ2v) is 5.27. The molecular formula is C15H24O9. The first-order valence-corrected chi connectivity index (χ1v) is 6.70. The Morgan fingerprint density at radius 1 is 0.750 bits per heavy atom. The number of carbonyl (C=O) groups is 6. The van der Waals surface area contributed by atoms with Gasteiger partial charge in [0.1, 0.15) is 23.8 Å². The highest BCUT2D eigenvalue weighted by Gasteiger charge is 2.35. The number of methoxy groups -OCH3 is 1. The Balaban J connectivity index is -0.000000278. The highest BCUT2D eigenvalue weighted by atomic mass is 16.5. The molecule has 0 rings (SSSR count). The van der Waals surface area contributed by atoms with Crippen LogP contribution in [-0.4, -0.2) is 52.6 Å². The van der Waals surface area contributed by atoms with Gasteiger partial charge in [-0.2, -0.15) is 0 Å². The van der Waals surface area contributed by atoms with Crippen LogP contribution in [0.1, 0.15) is 47.5 Å². The lowest BCUT2D eigenvalue weighted by Gasteiger charge is -2.10. The monoisotopic (exact) mass is 348 g/mol. The van der Waals surface area contributed by atoms with Crippen LogP contribution in [0.5, 0.6) is 0 Å². The molecule has 0 saturated carbocycles. The number of carboxylic acid groups (broad SMARTS) is 2. The fourth-order valence-corrected chi connectivity index (χ4v) is 0.717. The molecule has 0 saturated heterocycles. The van der Waals surface area contributed by atoms with E-state index in [2.05, 4.69) is 4.74 Å². The van der Waals surface area contributed by atoms with Gasteiger partial charge in [-0.3, -0.25) is 28.8 Å². The lowest BCUT2D eigenvalue weighted by molar-refractivity contribution is -0.161. The highest BCUT2D eigenvalue weighted by Crippen LogP contribution is 2.14. The predicted molar refractivity (Wildman–Crippen MR) is 82.3 cm³/mol. The summed E-state index contributed by atoms with van der Waals surface area (Å²) in [4.78, 5) is 60.5. The van der Waals surface area contributed by atoms with E-state index in [1.165, 1.54) is 27.9 Å². The molecular weight excluding hydrogens is 324 g/mol. The van der Waals surface area contributed by atoms with E-state index in [0.29, 0.717) is 0 Å². The SMILES string of the molecule is CC(=O)CC(C)=O.CC(C)(C(=O)O)C(=O)O.COC(=O)CC(C)=O. The predicted octanol–water partition coefficient (Wildman–Crippen LogP) is 0.875. The van der Waals surface area contributed by atoms with Gasteiger partial charge >= 0.3 is 17.9 Å². The van der Waals surface area contributed by atoms with E-state index in [9.17, 15) is 28.8 Å². The van der Waals surface area contributed by atoms with Gasteiger partial charge in [0, 0.05) is 0 Å². The average Bonchev–Trinajstić information content (AvgIpc) is 2.37. The van der Waals surface area contributed by atoms with E-state index in [4.69, 9.17) is 10.2 Å². The molecule has 2 N–H and O–H groups in total. The molecule has 0 amide bonds. The van der Waals surface area contributed by atoms with Crippen LogP contribution >= 0.6 is 0 Å². The molecule has 0 aliphatic carbocycles. The van der Waals surface area contributed by atoms with Gasteiger partial charge < -0.3 is 14.9 Å². The number of Topliss-reactive ketones (excluding diaryl/α,β-unsaturated/α-hetero) is 3. The molecule has 0 fully saturated rings. The molecule has 24 heavy (non-hydrogen) atoms. The number of aliphatic carboxylic acids is 2. The van der Waals surface area contributed by atoms with Crippen LogP contribution in [0, 0.1) is 5.41 Å². The minimum Gasteiger partial charge on any atom is -0.480 e. The maximum Gasteiger partial charge on any atom is 0.320 e. The van der Waals surface area contributed by atoms with Gasteiger partial charge in [-0.25, -0.2) is 0 Å². The second kappa shape index (κ2) is 12.9. The summed E-state index contributed by atoms with van der Waals surface area (Å²) in [5.41, 5.74) is -1.67. The number of hydrogen-bond acceptors (Lipinski definition) is 7. The smallest absolute Gasteiger partial charge is 0.320 e. The summed E-state index contributed by atoms with van der Waals surface area (Å²) in [6.45, 7) is 6.43. The van der Waals surface area contributed by atoms with Crippen molar-refractivity contribution >= 4 is 35.3 Å². The Morgan fingerprint density at radius 2 is 1.04 bits per heavy atom. The van der Waals surface area contributed by atoms with Gasteiger partial charge in [0.25, 0.3) is 0 Å². The van der Waals surface area contributed by atoms with Crippen LogP contribution in [0.4, 0.5) is 0 Å². The van der Waals surface area contributed by atoms with Crippen LogP contribution in [0.3, 0.4) is 0 Å². The van der Waals surface area contributed by atoms with Crippen molar-refractivity contribution in [3.05, 3.63) is 0 Å². The van der Waals surface area contributed by atoms with Crippen molar-refractivity contribution in [2.45, 2.75) is 47.5 Å². The number of esters is 1. The number of rotatable bonds is 6. The first kappa shape index (κ1) is 26.3. The van der Waals surface area contributed by atoms with Gasteiger partial charge in [0.2, 0.25) is 0 Å². The zero-order chi connectivity index (χ0) is 20.1. The van der Waals surface area contributed by atoms with E-state index >= 15 is 0 Å². The topological polar surface area (TPSA) is 152 Å². The standard InChI is InChI=1S/C5H8O4.C5H8O3.C5H8O2/c1-5(2,3(6)7)4(8)9;1-4(6)3-5(7)8-2;1-4(6)3-5(2)7/h1-2H3,(H,6,7)(H,8,9);3H2,1-2H3;3H2,1-2H3. The number of carbonyl (C=O) groups excluding carboxylic acids is 4. The third kappa shape index (κ3) is 17.5. The van der Waals surface area contributed by atoms with Crippen molar-refractivity contribution in [1.82, 2.24) is 0 Å². The number of hydrogen-bond donors (Lipinski definition) is 2. The van der Waals surface area contributed by atoms with Gasteiger partial charge in [0.05, 0.1) is 13.5 Å². The third-order valence-corrected chi connectivity index (χ3v) is 2.19. The maximum atomic E-state index is 10.2. The van der Waals surface area contributed by atoms with Crippen LogP contribution in [-0.2, 0) is 33.5 Å². The first-order chi connectivity index (χ1) is 10.7. The van der Waals surface area contributed by atoms with Gasteiger partial charge in [-0.15, -0.1) is 0 Å². The van der Waals surface area contributed by atoms with Crippen LogP contribution in [0.25, 0.3) is 0 Å². The van der Waals surface area contributed by atoms with Crippen LogP contribution in [0.15, 0.2) is 0 Å². The number of ketones is 3. The van der Waals surface area contributed by atoms with E-state index in [1.807, 2.05) is 0 Å². The van der Waals surface area contributed by atoms with Gasteiger partial charge in [0.15, 0.2) is 5.41 Å². The van der Waals surface area contributed by atoms with Crippen LogP contribution in [0.2, 0.25) is 0 Å². The summed E-state index contributed by atoms with van der Waals surface area (Å²) < 4.78 is 4.20. The molecule has 0 atom stereocenters. The fraction of sp³-hybridized carbons (Fsp3) is 0.600. The summed E-state index contributed by atoms with van der Waals surface area (Å²) in [6, 6.07) is 0. The molecule has 0 heterocycles. The Hall–Kier alpha value is -2.58. The lowest BCUT2D eigenvalue weighted by atomic mass is 9.95. The molecule has 0 aromatic rings. The van der Waals surface area contributed by atoms with Crippen molar-refractivity contribution < 1.29 is 43.7 Å². The fourth-order valence-electron chi connectivity index (χ4n) is 0.717. The summed E-state index contributed by atoms with van der Waals surface area (Å²) >= 11 is 0. The Morgan fingerprint density at radius 3 is 1.08 bits per heavy atom. The molecule has 138 valence electrons. The molecule has 0 aromatic heterocycles. The summed E-state index contributed by atoms with van der Waals surface area (Å²) in [7, 11) is 1.26. The maximum absolute atomic E-state index is 10.2. The molecule has 0 radical (unpaired) electrons. The molecule has 0 aliphatic rings. The molecule has 9 heteroatoms. The minimum atomic E-state index is -1.67. The van der Waals surface area contributed by atoms with Crippen molar-refractivity contribution in [2.75, 3.05) is 7.11 Å². The highest BCUT2D eigenvalue weighted by molar-refractivity contribution is 5.97. The average molecular weight is 348 g/mol.